The van der Waals surface area contributed by atoms with Gasteiger partial charge in [0.2, 0.25) is 11.8 Å². The van der Waals surface area contributed by atoms with Gasteiger partial charge >= 0.3 is 11.9 Å². The van der Waals surface area contributed by atoms with Crippen LogP contribution >= 0.6 is 0 Å². The monoisotopic (exact) mass is 315 g/mol. The number of nitrogens with zero attached hydrogens (tertiary/aromatic N) is 1. The third-order valence-corrected chi connectivity index (χ3v) is 4.18. The fourth-order valence-corrected chi connectivity index (χ4v) is 3.14. The minimum atomic E-state index is -1.39. The molecule has 1 fully saturated rings. The number of para-hydroxylation sites is 1. The molecule has 2 unspecified atom stereocenters. The molecule has 0 saturated carbocycles. The van der Waals surface area contributed by atoms with Gasteiger partial charge in [0, 0.05) is 0 Å². The highest BCUT2D eigenvalue weighted by atomic mass is 16.4. The van der Waals surface area contributed by atoms with Crippen molar-refractivity contribution in [1.82, 2.24) is 0 Å². The predicted octanol–water partition coefficient (Wildman–Crippen LogP) is 1.54. The lowest BCUT2D eigenvalue weighted by Crippen LogP contribution is -2.34. The molecule has 7 heteroatoms. The molecule has 0 aromatic heterocycles. The molecule has 1 aromatic rings. The van der Waals surface area contributed by atoms with E-state index in [1.165, 1.54) is 18.2 Å². The molecule has 1 saturated heterocycles. The molecule has 1 aromatic carbocycles. The summed E-state index contributed by atoms with van der Waals surface area (Å²) in [5.74, 6) is -5.12. The van der Waals surface area contributed by atoms with Gasteiger partial charge in [-0.1, -0.05) is 18.2 Å². The average molecular weight is 315 g/mol. The Morgan fingerprint density at radius 3 is 2.17 bits per heavy atom. The highest BCUT2D eigenvalue weighted by molar-refractivity contribution is 6.26. The van der Waals surface area contributed by atoms with Crippen LogP contribution in [0, 0.1) is 11.8 Å². The normalized spacial score (nSPS) is 23.0. The number of carbonyl (C=O) groups excluding carboxylic acids is 2. The Morgan fingerprint density at radius 1 is 1.04 bits per heavy atom. The van der Waals surface area contributed by atoms with Crippen LogP contribution in [0.2, 0.25) is 0 Å². The first-order valence-electron chi connectivity index (χ1n) is 7.07. The number of amides is 2. The molecule has 2 atom stereocenters. The number of fused-ring (bicyclic) bond motifs is 1. The maximum atomic E-state index is 12.6. The number of hydrogen-bond donors (Lipinski definition) is 2. The van der Waals surface area contributed by atoms with Crippen LogP contribution < -0.4 is 4.90 Å². The summed E-state index contributed by atoms with van der Waals surface area (Å²) >= 11 is 0. The fourth-order valence-electron chi connectivity index (χ4n) is 3.14. The Kier molecular flexibility index (Phi) is 3.48. The molecule has 0 bridgehead atoms. The standard InChI is InChI=1S/C16H13NO6/c18-13-8-4-1-2-5-9(8)14(19)17(13)12-10(15(20)21)6-3-7-11(12)16(22)23/h1,3-4,6-9H,2,5H2,(H,20,21)(H,22,23). The molecular weight excluding hydrogens is 302 g/mol. The second kappa shape index (κ2) is 5.35. The number of carboxylic acid groups (broad SMARTS) is 2. The molecule has 0 radical (unpaired) electrons. The molecule has 3 rings (SSSR count). The van der Waals surface area contributed by atoms with Crippen LogP contribution in [0.25, 0.3) is 0 Å². The van der Waals surface area contributed by atoms with Crippen LogP contribution in [0.4, 0.5) is 5.69 Å². The smallest absolute Gasteiger partial charge is 0.337 e. The predicted molar refractivity (Wildman–Crippen MR) is 78.2 cm³/mol. The number of benzene rings is 1. The summed E-state index contributed by atoms with van der Waals surface area (Å²) in [6.07, 6.45) is 4.58. The summed E-state index contributed by atoms with van der Waals surface area (Å²) in [5, 5.41) is 18.6. The van der Waals surface area contributed by atoms with Gasteiger partial charge in [-0.3, -0.25) is 9.59 Å². The molecule has 23 heavy (non-hydrogen) atoms. The molecule has 2 aliphatic rings. The van der Waals surface area contributed by atoms with Gasteiger partial charge in [-0.25, -0.2) is 14.5 Å². The van der Waals surface area contributed by atoms with E-state index in [9.17, 15) is 29.4 Å². The van der Waals surface area contributed by atoms with E-state index in [4.69, 9.17) is 0 Å². The van der Waals surface area contributed by atoms with Crippen LogP contribution in [0.3, 0.4) is 0 Å². The molecule has 2 amide bonds. The van der Waals surface area contributed by atoms with Crippen molar-refractivity contribution in [2.75, 3.05) is 4.90 Å². The maximum Gasteiger partial charge on any atom is 0.337 e. The number of aromatic carboxylic acids is 2. The summed E-state index contributed by atoms with van der Waals surface area (Å²) in [6, 6.07) is 3.64. The Hall–Kier alpha value is -2.96. The third-order valence-electron chi connectivity index (χ3n) is 4.18. The van der Waals surface area contributed by atoms with Crippen LogP contribution in [0.5, 0.6) is 0 Å². The number of allylic oxidation sites excluding steroid dienone is 1. The van der Waals surface area contributed by atoms with Crippen molar-refractivity contribution in [1.29, 1.82) is 0 Å². The lowest BCUT2D eigenvalue weighted by atomic mass is 9.86. The molecule has 0 spiro atoms. The highest BCUT2D eigenvalue weighted by Gasteiger charge is 2.49. The van der Waals surface area contributed by atoms with E-state index in [1.54, 1.807) is 12.2 Å². The minimum absolute atomic E-state index is 0.356. The number of anilines is 1. The largest absolute Gasteiger partial charge is 0.478 e. The molecule has 2 N–H and O–H groups in total. The van der Waals surface area contributed by atoms with E-state index in [-0.39, 0.29) is 16.8 Å². The topological polar surface area (TPSA) is 112 Å². The summed E-state index contributed by atoms with van der Waals surface area (Å²) in [7, 11) is 0. The number of hydrogen-bond acceptors (Lipinski definition) is 4. The van der Waals surface area contributed by atoms with Gasteiger partial charge in [-0.15, -0.1) is 0 Å². The molecular formula is C16H13NO6. The van der Waals surface area contributed by atoms with Gasteiger partial charge in [-0.2, -0.15) is 0 Å². The van der Waals surface area contributed by atoms with Crippen molar-refractivity contribution in [2.45, 2.75) is 12.8 Å². The first kappa shape index (κ1) is 15.0. The van der Waals surface area contributed by atoms with Crippen molar-refractivity contribution in [3.63, 3.8) is 0 Å². The Bertz CT molecular complexity index is 734. The zero-order valence-corrected chi connectivity index (χ0v) is 11.9. The van der Waals surface area contributed by atoms with Crippen LogP contribution in [-0.2, 0) is 9.59 Å². The van der Waals surface area contributed by atoms with Crippen molar-refractivity contribution >= 4 is 29.4 Å². The number of carboxylic acids is 2. The second-order valence-corrected chi connectivity index (χ2v) is 5.46. The molecule has 1 aliphatic heterocycles. The van der Waals surface area contributed by atoms with Crippen molar-refractivity contribution in [2.24, 2.45) is 11.8 Å². The van der Waals surface area contributed by atoms with Crippen molar-refractivity contribution in [3.8, 4) is 0 Å². The fraction of sp³-hybridized carbons (Fsp3) is 0.250. The van der Waals surface area contributed by atoms with Crippen molar-refractivity contribution in [3.05, 3.63) is 41.5 Å². The first-order valence-corrected chi connectivity index (χ1v) is 7.07. The van der Waals surface area contributed by atoms with E-state index in [2.05, 4.69) is 0 Å². The second-order valence-electron chi connectivity index (χ2n) is 5.46. The molecule has 1 heterocycles. The summed E-state index contributed by atoms with van der Waals surface area (Å²) in [4.78, 5) is 48.7. The third kappa shape index (κ3) is 2.21. The maximum absolute atomic E-state index is 12.6. The number of imide groups is 1. The summed E-state index contributed by atoms with van der Waals surface area (Å²) in [6.45, 7) is 0. The summed E-state index contributed by atoms with van der Waals surface area (Å²) < 4.78 is 0. The van der Waals surface area contributed by atoms with E-state index < -0.39 is 35.6 Å². The van der Waals surface area contributed by atoms with Gasteiger partial charge in [0.05, 0.1) is 28.7 Å². The van der Waals surface area contributed by atoms with Crippen molar-refractivity contribution < 1.29 is 29.4 Å². The molecule has 118 valence electrons. The lowest BCUT2D eigenvalue weighted by molar-refractivity contribution is -0.122. The SMILES string of the molecule is O=C(O)c1cccc(C(=O)O)c1N1C(=O)C2C=CCCC2C1=O. The lowest BCUT2D eigenvalue weighted by Gasteiger charge is -2.19. The van der Waals surface area contributed by atoms with Gasteiger partial charge < -0.3 is 10.2 Å². The minimum Gasteiger partial charge on any atom is -0.478 e. The van der Waals surface area contributed by atoms with Gasteiger partial charge in [-0.05, 0) is 25.0 Å². The quantitative estimate of drug-likeness (QED) is 0.646. The number of carbonyl (C=O) groups is 4. The first-order chi connectivity index (χ1) is 10.9. The van der Waals surface area contributed by atoms with Crippen LogP contribution in [-0.4, -0.2) is 34.0 Å². The van der Waals surface area contributed by atoms with Crippen LogP contribution in [0.1, 0.15) is 33.6 Å². The summed E-state index contributed by atoms with van der Waals surface area (Å²) in [5.41, 5.74) is -1.12. The Balaban J connectivity index is 2.20. The van der Waals surface area contributed by atoms with E-state index in [1.807, 2.05) is 0 Å². The zero-order valence-electron chi connectivity index (χ0n) is 11.9. The van der Waals surface area contributed by atoms with Gasteiger partial charge in [0.25, 0.3) is 0 Å². The van der Waals surface area contributed by atoms with E-state index >= 15 is 0 Å². The highest BCUT2D eigenvalue weighted by Crippen LogP contribution is 2.39. The number of rotatable bonds is 3. The average Bonchev–Trinajstić information content (AvgIpc) is 2.78. The Morgan fingerprint density at radius 2 is 1.65 bits per heavy atom. The Labute approximate surface area is 130 Å². The van der Waals surface area contributed by atoms with Gasteiger partial charge in [0.15, 0.2) is 0 Å². The van der Waals surface area contributed by atoms with Gasteiger partial charge in [0.1, 0.15) is 0 Å². The zero-order chi connectivity index (χ0) is 16.7. The molecule has 1 aliphatic carbocycles. The van der Waals surface area contributed by atoms with Crippen LogP contribution in [0.15, 0.2) is 30.4 Å². The van der Waals surface area contributed by atoms with E-state index in [0.29, 0.717) is 12.8 Å². The molecule has 7 nitrogen and oxygen atoms in total. The van der Waals surface area contributed by atoms with E-state index in [0.717, 1.165) is 4.90 Å².